The Morgan fingerprint density at radius 2 is 1.71 bits per heavy atom. The van der Waals surface area contributed by atoms with Gasteiger partial charge in [-0.1, -0.05) is 42.5 Å². The fourth-order valence-corrected chi connectivity index (χ4v) is 5.68. The van der Waals surface area contributed by atoms with Crippen LogP contribution < -0.4 is 14.8 Å². The summed E-state index contributed by atoms with van der Waals surface area (Å²) in [6, 6.07) is 23.5. The standard InChI is InChI=1S/C28H27N3O3S/c1-17-10-8-9-13-23(17)31-27-25(18(2)30-31)26(35-19(3)28(32)29-27)22-15-14-21(16-24(22)33-4)34-20-11-6-5-7-12-20/h5-16,19,26H,1-4H3,(H,29,32)/t19-,26+/m0/s1. The zero-order chi connectivity index (χ0) is 24.5. The minimum atomic E-state index is -0.262. The molecule has 7 heteroatoms. The molecule has 35 heavy (non-hydrogen) atoms. The number of rotatable bonds is 5. The lowest BCUT2D eigenvalue weighted by atomic mass is 10.0. The highest BCUT2D eigenvalue weighted by Gasteiger charge is 2.35. The smallest absolute Gasteiger partial charge is 0.238 e. The van der Waals surface area contributed by atoms with Crippen LogP contribution in [0.3, 0.4) is 0 Å². The van der Waals surface area contributed by atoms with Crippen LogP contribution in [0.15, 0.2) is 72.8 Å². The number of aromatic nitrogens is 2. The minimum Gasteiger partial charge on any atom is -0.496 e. The fraction of sp³-hybridized carbons (Fsp3) is 0.214. The molecule has 2 atom stereocenters. The number of nitrogens with zero attached hydrogens (tertiary/aromatic N) is 2. The highest BCUT2D eigenvalue weighted by atomic mass is 32.2. The zero-order valence-corrected chi connectivity index (χ0v) is 20.9. The maximum absolute atomic E-state index is 13.0. The SMILES string of the molecule is COc1cc(Oc2ccccc2)ccc1[C@H]1S[C@@H](C)C(=O)Nc2c1c(C)nn2-c1ccccc1C. The molecule has 0 aliphatic carbocycles. The molecule has 0 unspecified atom stereocenters. The number of hydrogen-bond donors (Lipinski definition) is 1. The average molecular weight is 486 g/mol. The maximum atomic E-state index is 13.0. The number of hydrogen-bond acceptors (Lipinski definition) is 5. The molecule has 6 nitrogen and oxygen atoms in total. The third-order valence-electron chi connectivity index (χ3n) is 6.13. The van der Waals surface area contributed by atoms with Crippen LogP contribution in [0.1, 0.15) is 34.6 Å². The van der Waals surface area contributed by atoms with Crippen molar-refractivity contribution in [2.45, 2.75) is 31.3 Å². The topological polar surface area (TPSA) is 65.4 Å². The largest absolute Gasteiger partial charge is 0.496 e. The van der Waals surface area contributed by atoms with Crippen LogP contribution in [-0.4, -0.2) is 28.0 Å². The molecule has 1 N–H and O–H groups in total. The first-order valence-corrected chi connectivity index (χ1v) is 12.4. The number of carbonyl (C=O) groups is 1. The molecule has 4 aromatic rings. The third kappa shape index (κ3) is 4.39. The van der Waals surface area contributed by atoms with E-state index < -0.39 is 0 Å². The van der Waals surface area contributed by atoms with Gasteiger partial charge in [0, 0.05) is 17.2 Å². The van der Waals surface area contributed by atoms with Crippen molar-refractivity contribution in [3.63, 3.8) is 0 Å². The Morgan fingerprint density at radius 3 is 2.46 bits per heavy atom. The van der Waals surface area contributed by atoms with E-state index in [1.54, 1.807) is 18.9 Å². The second-order valence-corrected chi connectivity index (χ2v) is 9.96. The predicted molar refractivity (Wildman–Crippen MR) is 140 cm³/mol. The maximum Gasteiger partial charge on any atom is 0.238 e. The molecule has 1 aliphatic rings. The third-order valence-corrected chi connectivity index (χ3v) is 7.51. The summed E-state index contributed by atoms with van der Waals surface area (Å²) in [5, 5.41) is 7.58. The van der Waals surface area contributed by atoms with Gasteiger partial charge < -0.3 is 14.8 Å². The highest BCUT2D eigenvalue weighted by molar-refractivity contribution is 8.01. The van der Waals surface area contributed by atoms with Crippen molar-refractivity contribution < 1.29 is 14.3 Å². The minimum absolute atomic E-state index is 0.0449. The molecule has 1 aliphatic heterocycles. The lowest BCUT2D eigenvalue weighted by Crippen LogP contribution is -2.22. The molecule has 178 valence electrons. The van der Waals surface area contributed by atoms with Crippen molar-refractivity contribution in [3.05, 3.63) is 95.2 Å². The number of anilines is 1. The van der Waals surface area contributed by atoms with E-state index in [-0.39, 0.29) is 16.4 Å². The molecule has 0 saturated carbocycles. The molecule has 5 rings (SSSR count). The number of methoxy groups -OCH3 is 1. The summed E-state index contributed by atoms with van der Waals surface area (Å²) in [5.41, 5.74) is 4.82. The molecule has 2 heterocycles. The van der Waals surface area contributed by atoms with Gasteiger partial charge in [-0.05, 0) is 50.6 Å². The van der Waals surface area contributed by atoms with Gasteiger partial charge in [-0.25, -0.2) is 4.68 Å². The van der Waals surface area contributed by atoms with Gasteiger partial charge in [0.05, 0.1) is 29.0 Å². The van der Waals surface area contributed by atoms with Crippen molar-refractivity contribution in [1.82, 2.24) is 9.78 Å². The molecular weight excluding hydrogens is 458 g/mol. The van der Waals surface area contributed by atoms with Crippen LogP contribution in [0, 0.1) is 13.8 Å². The Hall–Kier alpha value is -3.71. The molecule has 1 amide bonds. The van der Waals surface area contributed by atoms with E-state index in [9.17, 15) is 4.79 Å². The van der Waals surface area contributed by atoms with E-state index in [4.69, 9.17) is 14.6 Å². The summed E-state index contributed by atoms with van der Waals surface area (Å²) >= 11 is 1.59. The van der Waals surface area contributed by atoms with Gasteiger partial charge >= 0.3 is 0 Å². The normalized spacial score (nSPS) is 17.3. The molecular formula is C28H27N3O3S. The van der Waals surface area contributed by atoms with Gasteiger partial charge in [0.1, 0.15) is 23.1 Å². The number of para-hydroxylation sites is 2. The van der Waals surface area contributed by atoms with E-state index in [2.05, 4.69) is 5.32 Å². The van der Waals surface area contributed by atoms with Gasteiger partial charge in [0.15, 0.2) is 0 Å². The summed E-state index contributed by atoms with van der Waals surface area (Å²) in [6.07, 6.45) is 0. The monoisotopic (exact) mass is 485 g/mol. The Balaban J connectivity index is 1.62. The summed E-state index contributed by atoms with van der Waals surface area (Å²) in [4.78, 5) is 13.0. The Morgan fingerprint density at radius 1 is 0.971 bits per heavy atom. The van der Waals surface area contributed by atoms with Crippen LogP contribution in [0.25, 0.3) is 5.69 Å². The van der Waals surface area contributed by atoms with E-state index in [0.29, 0.717) is 17.3 Å². The molecule has 0 radical (unpaired) electrons. The van der Waals surface area contributed by atoms with Gasteiger partial charge in [0.2, 0.25) is 5.91 Å². The van der Waals surface area contributed by atoms with E-state index >= 15 is 0 Å². The van der Waals surface area contributed by atoms with Crippen LogP contribution >= 0.6 is 11.8 Å². The van der Waals surface area contributed by atoms with Crippen molar-refractivity contribution in [3.8, 4) is 22.9 Å². The van der Waals surface area contributed by atoms with Crippen molar-refractivity contribution in [2.24, 2.45) is 0 Å². The van der Waals surface area contributed by atoms with E-state index in [1.165, 1.54) is 0 Å². The second-order valence-electron chi connectivity index (χ2n) is 8.51. The van der Waals surface area contributed by atoms with Crippen LogP contribution in [0.4, 0.5) is 5.82 Å². The molecule has 0 bridgehead atoms. The first kappa shape index (κ1) is 23.1. The van der Waals surface area contributed by atoms with Gasteiger partial charge in [-0.2, -0.15) is 5.10 Å². The van der Waals surface area contributed by atoms with Gasteiger partial charge in [-0.3, -0.25) is 4.79 Å². The number of ether oxygens (including phenoxy) is 2. The Labute approximate surface area is 209 Å². The fourth-order valence-electron chi connectivity index (χ4n) is 4.33. The van der Waals surface area contributed by atoms with Gasteiger partial charge in [-0.15, -0.1) is 11.8 Å². The lowest BCUT2D eigenvalue weighted by Gasteiger charge is -2.21. The molecule has 0 spiro atoms. The van der Waals surface area contributed by atoms with Gasteiger partial charge in [0.25, 0.3) is 0 Å². The van der Waals surface area contributed by atoms with E-state index in [1.807, 2.05) is 98.2 Å². The van der Waals surface area contributed by atoms with Crippen molar-refractivity contribution >= 4 is 23.5 Å². The number of nitrogens with one attached hydrogen (secondary N) is 1. The molecule has 1 aromatic heterocycles. The number of benzene rings is 3. The van der Waals surface area contributed by atoms with E-state index in [0.717, 1.165) is 33.8 Å². The quantitative estimate of drug-likeness (QED) is 0.352. The number of thioether (sulfide) groups is 1. The van der Waals surface area contributed by atoms with Crippen molar-refractivity contribution in [2.75, 3.05) is 12.4 Å². The predicted octanol–water partition coefficient (Wildman–Crippen LogP) is 6.45. The van der Waals surface area contributed by atoms with Crippen LogP contribution in [0.5, 0.6) is 17.2 Å². The summed E-state index contributed by atoms with van der Waals surface area (Å²) in [6.45, 7) is 5.96. The van der Waals surface area contributed by atoms with Crippen LogP contribution in [-0.2, 0) is 4.79 Å². The first-order valence-electron chi connectivity index (χ1n) is 11.5. The molecule has 0 fully saturated rings. The summed E-state index contributed by atoms with van der Waals surface area (Å²) in [7, 11) is 1.66. The van der Waals surface area contributed by atoms with Crippen LogP contribution in [0.2, 0.25) is 0 Å². The lowest BCUT2D eigenvalue weighted by molar-refractivity contribution is -0.115. The molecule has 0 saturated heterocycles. The summed E-state index contributed by atoms with van der Waals surface area (Å²) < 4.78 is 13.7. The summed E-state index contributed by atoms with van der Waals surface area (Å²) in [5.74, 6) is 2.80. The highest BCUT2D eigenvalue weighted by Crippen LogP contribution is 2.49. The second kappa shape index (κ2) is 9.50. The Bertz CT molecular complexity index is 1380. The first-order chi connectivity index (χ1) is 17.0. The number of fused-ring (bicyclic) bond motifs is 1. The van der Waals surface area contributed by atoms with Crippen molar-refractivity contribution in [1.29, 1.82) is 0 Å². The average Bonchev–Trinajstić information content (AvgIpc) is 3.11. The number of aryl methyl sites for hydroxylation is 2. The zero-order valence-electron chi connectivity index (χ0n) is 20.1. The molecule has 3 aromatic carbocycles. The number of carbonyl (C=O) groups excluding carboxylic acids is 1. The number of amides is 1. The Kier molecular flexibility index (Phi) is 6.26.